The van der Waals surface area contributed by atoms with Crippen LogP contribution in [0.2, 0.25) is 0 Å². The normalized spacial score (nSPS) is 13.1. The monoisotopic (exact) mass is 431 g/mol. The van der Waals surface area contributed by atoms with Crippen LogP contribution in [0.4, 0.5) is 0 Å². The topological polar surface area (TPSA) is 123 Å². The number of rotatable bonds is 7. The number of hydrogen-bond acceptors (Lipinski definition) is 5. The van der Waals surface area contributed by atoms with Gasteiger partial charge in [-0.2, -0.15) is 0 Å². The lowest BCUT2D eigenvalue weighted by Gasteiger charge is -2.14. The summed E-state index contributed by atoms with van der Waals surface area (Å²) >= 11 is 0. The van der Waals surface area contributed by atoms with Gasteiger partial charge >= 0.3 is 5.69 Å². The fourth-order valence-electron chi connectivity index (χ4n) is 2.99. The fraction of sp³-hybridized carbons (Fsp3) is 0.556. The molecule has 156 valence electrons. The van der Waals surface area contributed by atoms with Crippen molar-refractivity contribution in [3.63, 3.8) is 0 Å². The van der Waals surface area contributed by atoms with E-state index in [9.17, 15) is 14.4 Å². The molecule has 0 aliphatic heterocycles. The zero-order valence-electron chi connectivity index (χ0n) is 16.0. The molecule has 3 rings (SSSR count). The molecule has 0 radical (unpaired) electrons. The first-order chi connectivity index (χ1) is 12.4. The van der Waals surface area contributed by atoms with E-state index >= 15 is 0 Å². The summed E-state index contributed by atoms with van der Waals surface area (Å²) in [6.45, 7) is 5.28. The van der Waals surface area contributed by atoms with Crippen molar-refractivity contribution in [2.24, 2.45) is 11.7 Å². The summed E-state index contributed by atoms with van der Waals surface area (Å²) in [7, 11) is 0. The average Bonchev–Trinajstić information content (AvgIpc) is 3.42. The highest BCUT2D eigenvalue weighted by Gasteiger charge is 2.28. The number of hydrogen-bond donors (Lipinski definition) is 3. The van der Waals surface area contributed by atoms with Crippen molar-refractivity contribution in [2.75, 3.05) is 13.1 Å². The molecule has 0 saturated heterocycles. The number of nitrogens with two attached hydrogens (primary N) is 1. The number of halogens is 2. The van der Waals surface area contributed by atoms with Gasteiger partial charge < -0.3 is 11.1 Å². The zero-order chi connectivity index (χ0) is 18.8. The van der Waals surface area contributed by atoms with Crippen molar-refractivity contribution in [1.29, 1.82) is 0 Å². The maximum absolute atomic E-state index is 12.7. The van der Waals surface area contributed by atoms with Crippen LogP contribution in [0, 0.1) is 5.92 Å². The summed E-state index contributed by atoms with van der Waals surface area (Å²) in [6.07, 6.45) is 2.66. The molecular weight excluding hydrogens is 405 g/mol. The number of nitrogens with zero attached hydrogens (tertiary/aromatic N) is 2. The Kier molecular flexibility index (Phi) is 8.66. The fourth-order valence-corrected chi connectivity index (χ4v) is 2.99. The van der Waals surface area contributed by atoms with Crippen molar-refractivity contribution >= 4 is 41.8 Å². The lowest BCUT2D eigenvalue weighted by atomic mass is 10.1. The minimum atomic E-state index is -0.580. The molecule has 8 nitrogen and oxygen atoms in total. The zero-order valence-corrected chi connectivity index (χ0v) is 17.6. The summed E-state index contributed by atoms with van der Waals surface area (Å²) in [5, 5.41) is 2.96. The number of aromatic nitrogens is 3. The van der Waals surface area contributed by atoms with Crippen LogP contribution in [0.5, 0.6) is 0 Å². The number of H-pyrrole nitrogens is 1. The van der Waals surface area contributed by atoms with Gasteiger partial charge in [0.25, 0.3) is 11.5 Å². The highest BCUT2D eigenvalue weighted by Crippen LogP contribution is 2.39. The number of fused-ring (bicyclic) bond motifs is 1. The van der Waals surface area contributed by atoms with Gasteiger partial charge in [-0.05, 0) is 37.8 Å². The van der Waals surface area contributed by atoms with E-state index in [0.29, 0.717) is 31.7 Å². The standard InChI is InChI=1S/C18H25N5O3.2ClH/c1-10(2)9-23-15-14(17(25)22-18(23)26)12(16(24)20-7-3-6-19)8-13(21-15)11-4-5-11;;/h8,10-11H,3-7,9,19H2,1-2H3,(H,20,24)(H,22,25,26);2*1H. The second-order valence-electron chi connectivity index (χ2n) is 7.23. The van der Waals surface area contributed by atoms with E-state index < -0.39 is 11.2 Å². The van der Waals surface area contributed by atoms with Crippen molar-refractivity contribution in [1.82, 2.24) is 19.9 Å². The van der Waals surface area contributed by atoms with E-state index in [-0.39, 0.29) is 53.5 Å². The van der Waals surface area contributed by atoms with Crippen LogP contribution in [0.1, 0.15) is 55.1 Å². The van der Waals surface area contributed by atoms with Crippen molar-refractivity contribution in [2.45, 2.75) is 45.6 Å². The molecule has 2 heterocycles. The van der Waals surface area contributed by atoms with E-state index in [1.54, 1.807) is 6.07 Å². The van der Waals surface area contributed by atoms with Crippen LogP contribution in [-0.4, -0.2) is 33.5 Å². The molecule has 10 heteroatoms. The second-order valence-corrected chi connectivity index (χ2v) is 7.23. The summed E-state index contributed by atoms with van der Waals surface area (Å²) in [5.74, 6) is 0.139. The lowest BCUT2D eigenvalue weighted by Crippen LogP contribution is -2.34. The number of pyridine rings is 1. The lowest BCUT2D eigenvalue weighted by molar-refractivity contribution is 0.0955. The number of amides is 1. The van der Waals surface area contributed by atoms with Crippen molar-refractivity contribution < 1.29 is 4.79 Å². The Labute approximate surface area is 175 Å². The quantitative estimate of drug-likeness (QED) is 0.573. The Morgan fingerprint density at radius 3 is 2.61 bits per heavy atom. The smallest absolute Gasteiger partial charge is 0.330 e. The molecular formula is C18H27Cl2N5O3. The van der Waals surface area contributed by atoms with Gasteiger partial charge in [-0.15, -0.1) is 24.8 Å². The molecule has 0 bridgehead atoms. The van der Waals surface area contributed by atoms with Gasteiger partial charge in [0.15, 0.2) is 5.65 Å². The van der Waals surface area contributed by atoms with E-state index in [1.165, 1.54) is 4.57 Å². The van der Waals surface area contributed by atoms with Crippen molar-refractivity contribution in [3.8, 4) is 0 Å². The number of nitrogens with one attached hydrogen (secondary N) is 2. The predicted octanol–water partition coefficient (Wildman–Crippen LogP) is 1.54. The Balaban J connectivity index is 0.00000196. The third-order valence-electron chi connectivity index (χ3n) is 4.42. The SMILES string of the molecule is CC(C)Cn1c(=O)[nH]c(=O)c2c(C(=O)NCCCN)cc(C3CC3)nc21.Cl.Cl. The Bertz CT molecular complexity index is 951. The van der Waals surface area contributed by atoms with E-state index in [2.05, 4.69) is 15.3 Å². The molecule has 0 spiro atoms. The van der Waals surface area contributed by atoms with Crippen LogP contribution >= 0.6 is 24.8 Å². The molecule has 1 fully saturated rings. The Hall–Kier alpha value is -1.90. The maximum atomic E-state index is 12.7. The largest absolute Gasteiger partial charge is 0.352 e. The van der Waals surface area contributed by atoms with Crippen LogP contribution in [-0.2, 0) is 6.54 Å². The van der Waals surface area contributed by atoms with Gasteiger partial charge in [-0.3, -0.25) is 19.1 Å². The van der Waals surface area contributed by atoms with Crippen LogP contribution < -0.4 is 22.3 Å². The van der Waals surface area contributed by atoms with Crippen LogP contribution in [0.15, 0.2) is 15.7 Å². The minimum absolute atomic E-state index is 0. The predicted molar refractivity (Wildman–Crippen MR) is 114 cm³/mol. The van der Waals surface area contributed by atoms with Gasteiger partial charge in [0.05, 0.1) is 10.9 Å². The Morgan fingerprint density at radius 1 is 1.36 bits per heavy atom. The number of aromatic amines is 1. The highest BCUT2D eigenvalue weighted by molar-refractivity contribution is 6.05. The van der Waals surface area contributed by atoms with Gasteiger partial charge in [-0.1, -0.05) is 13.8 Å². The van der Waals surface area contributed by atoms with Crippen molar-refractivity contribution in [3.05, 3.63) is 38.2 Å². The van der Waals surface area contributed by atoms with Crippen LogP contribution in [0.25, 0.3) is 11.0 Å². The summed E-state index contributed by atoms with van der Waals surface area (Å²) in [6, 6.07) is 1.69. The molecule has 1 saturated carbocycles. The summed E-state index contributed by atoms with van der Waals surface area (Å²) in [4.78, 5) is 44.4. The van der Waals surface area contributed by atoms with E-state index in [4.69, 9.17) is 5.73 Å². The van der Waals surface area contributed by atoms with Gasteiger partial charge in [0.2, 0.25) is 0 Å². The average molecular weight is 432 g/mol. The first kappa shape index (κ1) is 24.1. The summed E-state index contributed by atoms with van der Waals surface area (Å²) in [5.41, 5.74) is 5.73. The van der Waals surface area contributed by atoms with Crippen LogP contribution in [0.3, 0.4) is 0 Å². The molecule has 0 aromatic carbocycles. The Morgan fingerprint density at radius 2 is 2.04 bits per heavy atom. The van der Waals surface area contributed by atoms with E-state index in [1.807, 2.05) is 13.8 Å². The third kappa shape index (κ3) is 5.12. The molecule has 2 aromatic heterocycles. The molecule has 1 aliphatic rings. The van der Waals surface area contributed by atoms with Gasteiger partial charge in [0, 0.05) is 24.7 Å². The highest BCUT2D eigenvalue weighted by atomic mass is 35.5. The molecule has 4 N–H and O–H groups in total. The van der Waals surface area contributed by atoms with Gasteiger partial charge in [0.1, 0.15) is 0 Å². The minimum Gasteiger partial charge on any atom is -0.352 e. The molecule has 0 unspecified atom stereocenters. The van der Waals surface area contributed by atoms with E-state index in [0.717, 1.165) is 18.5 Å². The molecule has 0 atom stereocenters. The van der Waals surface area contributed by atoms with Gasteiger partial charge in [-0.25, -0.2) is 9.78 Å². The first-order valence-corrected chi connectivity index (χ1v) is 9.08. The third-order valence-corrected chi connectivity index (χ3v) is 4.42. The second kappa shape index (κ2) is 10.0. The number of carbonyl (C=O) groups excluding carboxylic acids is 1. The molecule has 28 heavy (non-hydrogen) atoms. The maximum Gasteiger partial charge on any atom is 0.330 e. The molecule has 1 amide bonds. The first-order valence-electron chi connectivity index (χ1n) is 9.08. The summed E-state index contributed by atoms with van der Waals surface area (Å²) < 4.78 is 1.46. The molecule has 2 aromatic rings. The number of carbonyl (C=O) groups is 1. The molecule has 1 aliphatic carbocycles.